The van der Waals surface area contributed by atoms with Crippen LogP contribution < -0.4 is 10.1 Å². The fraction of sp³-hybridized carbons (Fsp3) is 0.407. The number of likely N-dealkylation sites (N-methyl/N-ethyl adjacent to an activating group) is 1. The van der Waals surface area contributed by atoms with Crippen molar-refractivity contribution in [2.75, 3.05) is 58.7 Å². The fourth-order valence-corrected chi connectivity index (χ4v) is 5.96. The summed E-state index contributed by atoms with van der Waals surface area (Å²) in [7, 11) is 3.79. The fourth-order valence-electron chi connectivity index (χ4n) is 5.30. The molecule has 198 valence electrons. The van der Waals surface area contributed by atoms with Crippen LogP contribution in [0.15, 0.2) is 41.9 Å². The molecule has 0 saturated carbocycles. The second-order valence-corrected chi connectivity index (χ2v) is 10.9. The molecular formula is C27H32N8O2S. The van der Waals surface area contributed by atoms with Crippen LogP contribution in [-0.4, -0.2) is 100 Å². The topological polar surface area (TPSA) is 103 Å². The molecule has 1 aromatic carbocycles. The molecule has 2 saturated heterocycles. The molecule has 2 N–H and O–H groups in total. The molecule has 5 heterocycles. The number of carbonyl (C=O) groups excluding carboxylic acids is 1. The van der Waals surface area contributed by atoms with Gasteiger partial charge in [0.05, 0.1) is 23.9 Å². The van der Waals surface area contributed by atoms with Crippen molar-refractivity contribution in [2.24, 2.45) is 0 Å². The molecule has 0 spiro atoms. The van der Waals surface area contributed by atoms with Gasteiger partial charge in [-0.15, -0.1) is 11.3 Å². The predicted molar refractivity (Wildman–Crippen MR) is 149 cm³/mol. The maximum Gasteiger partial charge on any atom is 0.253 e. The number of aromatic nitrogens is 4. The van der Waals surface area contributed by atoms with Gasteiger partial charge in [-0.1, -0.05) is 6.07 Å². The first-order valence-electron chi connectivity index (χ1n) is 13.0. The Morgan fingerprint density at radius 3 is 2.66 bits per heavy atom. The highest BCUT2D eigenvalue weighted by Crippen LogP contribution is 2.33. The van der Waals surface area contributed by atoms with E-state index < -0.39 is 0 Å². The number of carbonyl (C=O) groups is 1. The van der Waals surface area contributed by atoms with Gasteiger partial charge in [-0.25, -0.2) is 9.97 Å². The number of ether oxygens (including phenoxy) is 1. The summed E-state index contributed by atoms with van der Waals surface area (Å²) >= 11 is 1.58. The molecule has 11 heteroatoms. The Bertz CT molecular complexity index is 1410. The minimum absolute atomic E-state index is 0.0460. The van der Waals surface area contributed by atoms with Gasteiger partial charge >= 0.3 is 0 Å². The number of nitrogens with zero attached hydrogens (tertiary/aromatic N) is 6. The number of anilines is 2. The number of benzene rings is 1. The summed E-state index contributed by atoms with van der Waals surface area (Å²) in [6.07, 6.45) is 3.73. The van der Waals surface area contributed by atoms with Crippen molar-refractivity contribution in [3.63, 3.8) is 0 Å². The Hall–Kier alpha value is -3.54. The zero-order valence-corrected chi connectivity index (χ0v) is 22.5. The highest BCUT2D eigenvalue weighted by Gasteiger charge is 2.29. The van der Waals surface area contributed by atoms with Crippen LogP contribution in [0.1, 0.15) is 23.2 Å². The van der Waals surface area contributed by atoms with Crippen LogP contribution in [-0.2, 0) is 0 Å². The number of methoxy groups -OCH3 is 1. The third-order valence-electron chi connectivity index (χ3n) is 7.55. The SMILES string of the molecule is COc1cc(C(=O)N2CCC(N3CCN(C)CC3)CC2)ccc1Nc1nc(-c2cccs2)nc2cn[nH]c12. The molecule has 4 aromatic rings. The van der Waals surface area contributed by atoms with E-state index in [4.69, 9.17) is 9.72 Å². The lowest BCUT2D eigenvalue weighted by atomic mass is 10.0. The highest BCUT2D eigenvalue weighted by atomic mass is 32.1. The molecule has 2 fully saturated rings. The third-order valence-corrected chi connectivity index (χ3v) is 8.42. The standard InChI is InChI=1S/C27H32N8O2S/c1-33-11-13-34(14-12-33)19-7-9-35(10-8-19)27(36)18-5-6-20(22(16-18)37-2)29-26-24-21(17-28-32-24)30-25(31-26)23-4-3-15-38-23/h3-6,15-17,19H,7-14H2,1-2H3,(H,28,32)(H,29,30,31). The summed E-state index contributed by atoms with van der Waals surface area (Å²) in [5.41, 5.74) is 2.76. The zero-order chi connectivity index (χ0) is 26.1. The minimum atomic E-state index is 0.0460. The normalized spacial score (nSPS) is 17.7. The second kappa shape index (κ2) is 10.7. The first-order valence-corrected chi connectivity index (χ1v) is 13.9. The van der Waals surface area contributed by atoms with Crippen molar-refractivity contribution < 1.29 is 9.53 Å². The average molecular weight is 533 g/mol. The van der Waals surface area contributed by atoms with Crippen LogP contribution in [0.4, 0.5) is 11.5 Å². The van der Waals surface area contributed by atoms with Crippen molar-refractivity contribution in [1.29, 1.82) is 0 Å². The van der Waals surface area contributed by atoms with Crippen LogP contribution in [0, 0.1) is 0 Å². The van der Waals surface area contributed by atoms with Gasteiger partial charge in [-0.05, 0) is 49.5 Å². The molecule has 0 aliphatic carbocycles. The molecule has 1 amide bonds. The molecule has 0 radical (unpaired) electrons. The van der Waals surface area contributed by atoms with Crippen LogP contribution in [0.25, 0.3) is 21.7 Å². The van der Waals surface area contributed by atoms with E-state index in [9.17, 15) is 4.79 Å². The van der Waals surface area contributed by atoms with Gasteiger partial charge in [0.25, 0.3) is 5.91 Å². The number of hydrogen-bond donors (Lipinski definition) is 2. The van der Waals surface area contributed by atoms with Crippen LogP contribution in [0.3, 0.4) is 0 Å². The van der Waals surface area contributed by atoms with E-state index in [1.54, 1.807) is 24.6 Å². The number of nitrogens with one attached hydrogen (secondary N) is 2. The number of likely N-dealkylation sites (tertiary alicyclic amines) is 1. The highest BCUT2D eigenvalue weighted by molar-refractivity contribution is 7.13. The Morgan fingerprint density at radius 1 is 1.11 bits per heavy atom. The monoisotopic (exact) mass is 532 g/mol. The van der Waals surface area contributed by atoms with Gasteiger partial charge < -0.3 is 19.9 Å². The Labute approximate surface area is 225 Å². The summed E-state index contributed by atoms with van der Waals surface area (Å²) in [4.78, 5) is 30.7. The Kier molecular flexibility index (Phi) is 6.96. The van der Waals surface area contributed by atoms with E-state index in [0.717, 1.165) is 62.5 Å². The van der Waals surface area contributed by atoms with E-state index in [0.29, 0.717) is 40.2 Å². The summed E-state index contributed by atoms with van der Waals surface area (Å²) < 4.78 is 5.69. The van der Waals surface area contributed by atoms with E-state index in [1.807, 2.05) is 40.6 Å². The molecule has 2 aliphatic heterocycles. The number of piperazine rings is 1. The van der Waals surface area contributed by atoms with E-state index in [-0.39, 0.29) is 5.91 Å². The third kappa shape index (κ3) is 4.96. The smallest absolute Gasteiger partial charge is 0.253 e. The van der Waals surface area contributed by atoms with Crippen LogP contribution >= 0.6 is 11.3 Å². The molecule has 38 heavy (non-hydrogen) atoms. The van der Waals surface area contributed by atoms with Crippen molar-refractivity contribution >= 4 is 39.8 Å². The molecule has 2 aliphatic rings. The van der Waals surface area contributed by atoms with Crippen molar-refractivity contribution in [1.82, 2.24) is 34.9 Å². The summed E-state index contributed by atoms with van der Waals surface area (Å²) in [6, 6.07) is 10.1. The largest absolute Gasteiger partial charge is 0.495 e. The van der Waals surface area contributed by atoms with E-state index in [2.05, 4.69) is 37.3 Å². The number of H-pyrrole nitrogens is 1. The number of rotatable bonds is 6. The van der Waals surface area contributed by atoms with Crippen molar-refractivity contribution in [3.05, 3.63) is 47.5 Å². The Balaban J connectivity index is 1.17. The summed E-state index contributed by atoms with van der Waals surface area (Å²) in [6.45, 7) is 6.04. The van der Waals surface area contributed by atoms with Gasteiger partial charge in [0.1, 0.15) is 16.8 Å². The quantitative estimate of drug-likeness (QED) is 0.388. The number of aromatic amines is 1. The minimum Gasteiger partial charge on any atom is -0.495 e. The van der Waals surface area contributed by atoms with Gasteiger partial charge in [0.15, 0.2) is 11.6 Å². The summed E-state index contributed by atoms with van der Waals surface area (Å²) in [5.74, 6) is 1.85. The number of thiophene rings is 1. The van der Waals surface area contributed by atoms with Crippen LogP contribution in [0.5, 0.6) is 5.75 Å². The van der Waals surface area contributed by atoms with Gasteiger partial charge in [0.2, 0.25) is 0 Å². The zero-order valence-electron chi connectivity index (χ0n) is 21.7. The maximum atomic E-state index is 13.4. The Morgan fingerprint density at radius 2 is 1.92 bits per heavy atom. The first kappa shape index (κ1) is 24.8. The molecule has 6 rings (SSSR count). The lowest BCUT2D eigenvalue weighted by Gasteiger charge is -2.42. The number of piperidine rings is 1. The second-order valence-electron chi connectivity index (χ2n) is 9.91. The molecular weight excluding hydrogens is 500 g/mol. The average Bonchev–Trinajstić information content (AvgIpc) is 3.66. The predicted octanol–water partition coefficient (Wildman–Crippen LogP) is 3.69. The molecule has 3 aromatic heterocycles. The number of hydrogen-bond acceptors (Lipinski definition) is 9. The number of fused-ring (bicyclic) bond motifs is 1. The molecule has 10 nitrogen and oxygen atoms in total. The molecule has 0 atom stereocenters. The molecule has 0 bridgehead atoms. The van der Waals surface area contributed by atoms with E-state index in [1.165, 1.54) is 0 Å². The van der Waals surface area contributed by atoms with Crippen LogP contribution in [0.2, 0.25) is 0 Å². The van der Waals surface area contributed by atoms with Gasteiger partial charge in [0, 0.05) is 50.9 Å². The lowest BCUT2D eigenvalue weighted by molar-refractivity contribution is 0.0518. The number of amides is 1. The summed E-state index contributed by atoms with van der Waals surface area (Å²) in [5, 5.41) is 12.5. The molecule has 0 unspecified atom stereocenters. The lowest BCUT2D eigenvalue weighted by Crippen LogP contribution is -2.52. The van der Waals surface area contributed by atoms with Crippen molar-refractivity contribution in [3.8, 4) is 16.5 Å². The maximum absolute atomic E-state index is 13.4. The van der Waals surface area contributed by atoms with Gasteiger partial charge in [-0.2, -0.15) is 5.10 Å². The van der Waals surface area contributed by atoms with Crippen molar-refractivity contribution in [2.45, 2.75) is 18.9 Å². The van der Waals surface area contributed by atoms with Gasteiger partial charge in [-0.3, -0.25) is 14.8 Å². The first-order chi connectivity index (χ1) is 18.6. The van der Waals surface area contributed by atoms with E-state index >= 15 is 0 Å².